The van der Waals surface area contributed by atoms with E-state index in [0.29, 0.717) is 11.2 Å². The van der Waals surface area contributed by atoms with E-state index in [1.165, 1.54) is 6.33 Å². The van der Waals surface area contributed by atoms with Gasteiger partial charge in [-0.3, -0.25) is 4.79 Å². The maximum Gasteiger partial charge on any atom is 0.276 e. The van der Waals surface area contributed by atoms with Gasteiger partial charge in [0.15, 0.2) is 11.2 Å². The van der Waals surface area contributed by atoms with Gasteiger partial charge in [0, 0.05) is 5.41 Å². The summed E-state index contributed by atoms with van der Waals surface area (Å²) in [6, 6.07) is 0. The third kappa shape index (κ3) is 1.30. The molecule has 0 aliphatic rings. The lowest BCUT2D eigenvalue weighted by molar-refractivity contribution is 0.554. The van der Waals surface area contributed by atoms with E-state index < -0.39 is 0 Å². The van der Waals surface area contributed by atoms with Gasteiger partial charge >= 0.3 is 0 Å². The highest BCUT2D eigenvalue weighted by atomic mass is 16.1. The van der Waals surface area contributed by atoms with Crippen LogP contribution in [0.5, 0.6) is 0 Å². The first-order chi connectivity index (χ1) is 6.48. The lowest BCUT2D eigenvalue weighted by Gasteiger charge is -2.13. The van der Waals surface area contributed by atoms with Crippen LogP contribution < -0.4 is 5.56 Å². The third-order valence-electron chi connectivity index (χ3n) is 2.00. The van der Waals surface area contributed by atoms with Gasteiger partial charge in [0.1, 0.15) is 5.82 Å². The highest BCUT2D eigenvalue weighted by molar-refractivity contribution is 5.68. The molecule has 0 aromatic carbocycles. The fourth-order valence-electron chi connectivity index (χ4n) is 1.20. The molecule has 0 amide bonds. The second kappa shape index (κ2) is 2.67. The van der Waals surface area contributed by atoms with Crippen LogP contribution in [-0.4, -0.2) is 19.9 Å². The molecule has 74 valence electrons. The van der Waals surface area contributed by atoms with Crippen LogP contribution in [0.1, 0.15) is 26.6 Å². The molecule has 0 atom stereocenters. The van der Waals surface area contributed by atoms with Crippen LogP contribution in [-0.2, 0) is 5.41 Å². The molecule has 0 radical (unpaired) electrons. The van der Waals surface area contributed by atoms with E-state index in [0.717, 1.165) is 5.82 Å². The molecular weight excluding hydrogens is 180 g/mol. The highest BCUT2D eigenvalue weighted by Gasteiger charge is 2.19. The minimum atomic E-state index is -0.182. The highest BCUT2D eigenvalue weighted by Crippen LogP contribution is 2.19. The summed E-state index contributed by atoms with van der Waals surface area (Å²) in [5, 5.41) is 0. The van der Waals surface area contributed by atoms with Gasteiger partial charge in [-0.05, 0) is 0 Å². The first-order valence-electron chi connectivity index (χ1n) is 4.42. The average molecular weight is 192 g/mol. The monoisotopic (exact) mass is 192 g/mol. The summed E-state index contributed by atoms with van der Waals surface area (Å²) >= 11 is 0. The van der Waals surface area contributed by atoms with E-state index in [-0.39, 0.29) is 11.0 Å². The van der Waals surface area contributed by atoms with Gasteiger partial charge in [0.25, 0.3) is 5.56 Å². The van der Waals surface area contributed by atoms with E-state index in [1.807, 2.05) is 20.8 Å². The smallest absolute Gasteiger partial charge is 0.276 e. The lowest BCUT2D eigenvalue weighted by Crippen LogP contribution is -2.13. The van der Waals surface area contributed by atoms with Crippen molar-refractivity contribution < 1.29 is 0 Å². The van der Waals surface area contributed by atoms with Gasteiger partial charge in [-0.15, -0.1) is 0 Å². The summed E-state index contributed by atoms with van der Waals surface area (Å²) in [6.45, 7) is 6.08. The fourth-order valence-corrected chi connectivity index (χ4v) is 1.20. The number of H-pyrrole nitrogens is 2. The zero-order valence-corrected chi connectivity index (χ0v) is 8.38. The number of fused-ring (bicyclic) bond motifs is 1. The molecule has 0 unspecified atom stereocenters. The quantitative estimate of drug-likeness (QED) is 0.652. The Kier molecular flexibility index (Phi) is 1.70. The molecule has 2 rings (SSSR count). The molecule has 0 aliphatic carbocycles. The lowest BCUT2D eigenvalue weighted by atomic mass is 9.96. The topological polar surface area (TPSA) is 74.4 Å². The molecular formula is C9H12N4O. The fraction of sp³-hybridized carbons (Fsp3) is 0.444. The molecule has 0 bridgehead atoms. The zero-order chi connectivity index (χ0) is 10.3. The van der Waals surface area contributed by atoms with Crippen molar-refractivity contribution in [2.24, 2.45) is 0 Å². The number of aromatic nitrogens is 4. The standard InChI is InChI=1S/C9H12N4O/c1-9(2,3)8-12-5-6(13-8)10-4-11-7(5)14/h4H,1-3H3,(H2,10,11,12,13,14). The first-order valence-corrected chi connectivity index (χ1v) is 4.42. The Hall–Kier alpha value is -1.65. The number of rotatable bonds is 0. The minimum Gasteiger partial charge on any atom is -0.336 e. The van der Waals surface area contributed by atoms with E-state index in [4.69, 9.17) is 0 Å². The van der Waals surface area contributed by atoms with Gasteiger partial charge < -0.3 is 9.97 Å². The second-order valence-corrected chi connectivity index (χ2v) is 4.27. The van der Waals surface area contributed by atoms with Crippen molar-refractivity contribution in [1.82, 2.24) is 19.9 Å². The van der Waals surface area contributed by atoms with Crippen molar-refractivity contribution >= 4 is 11.2 Å². The summed E-state index contributed by atoms with van der Waals surface area (Å²) in [6.07, 6.45) is 1.36. The molecule has 0 saturated carbocycles. The van der Waals surface area contributed by atoms with Crippen molar-refractivity contribution in [2.45, 2.75) is 26.2 Å². The zero-order valence-electron chi connectivity index (χ0n) is 8.38. The number of imidazole rings is 1. The largest absolute Gasteiger partial charge is 0.336 e. The van der Waals surface area contributed by atoms with Gasteiger partial charge in [-0.2, -0.15) is 0 Å². The van der Waals surface area contributed by atoms with Crippen LogP contribution >= 0.6 is 0 Å². The summed E-state index contributed by atoms with van der Waals surface area (Å²) in [4.78, 5) is 25.1. The molecule has 0 fully saturated rings. The van der Waals surface area contributed by atoms with Crippen molar-refractivity contribution in [3.63, 3.8) is 0 Å². The van der Waals surface area contributed by atoms with Crippen molar-refractivity contribution in [1.29, 1.82) is 0 Å². The molecule has 2 heterocycles. The van der Waals surface area contributed by atoms with Crippen LogP contribution in [0, 0.1) is 0 Å². The number of hydrogen-bond donors (Lipinski definition) is 2. The van der Waals surface area contributed by atoms with Crippen LogP contribution in [0.3, 0.4) is 0 Å². The number of nitrogens with zero attached hydrogens (tertiary/aromatic N) is 2. The van der Waals surface area contributed by atoms with Gasteiger partial charge in [0.2, 0.25) is 0 Å². The Bertz CT molecular complexity index is 517. The van der Waals surface area contributed by atoms with E-state index in [1.54, 1.807) is 0 Å². The Labute approximate surface area is 80.6 Å². The van der Waals surface area contributed by atoms with Gasteiger partial charge in [-0.25, -0.2) is 9.97 Å². The SMILES string of the molecule is CC(C)(C)c1nc2nc[nH]c(=O)c2[nH]1. The minimum absolute atomic E-state index is 0.104. The Balaban J connectivity index is 2.75. The summed E-state index contributed by atoms with van der Waals surface area (Å²) in [5.74, 6) is 0.775. The number of aromatic amines is 2. The molecule has 2 N–H and O–H groups in total. The normalized spacial score (nSPS) is 12.2. The average Bonchev–Trinajstić information content (AvgIpc) is 2.48. The van der Waals surface area contributed by atoms with Crippen LogP contribution in [0.25, 0.3) is 11.2 Å². The van der Waals surface area contributed by atoms with Crippen LogP contribution in [0.2, 0.25) is 0 Å². The summed E-state index contributed by atoms with van der Waals surface area (Å²) in [7, 11) is 0. The van der Waals surface area contributed by atoms with E-state index in [2.05, 4.69) is 19.9 Å². The van der Waals surface area contributed by atoms with Crippen molar-refractivity contribution in [3.8, 4) is 0 Å². The predicted molar refractivity (Wildman–Crippen MR) is 53.2 cm³/mol. The summed E-state index contributed by atoms with van der Waals surface area (Å²) < 4.78 is 0. The van der Waals surface area contributed by atoms with Crippen LogP contribution in [0.15, 0.2) is 11.1 Å². The molecule has 0 aliphatic heterocycles. The van der Waals surface area contributed by atoms with Crippen molar-refractivity contribution in [3.05, 3.63) is 22.5 Å². The molecule has 0 spiro atoms. The van der Waals surface area contributed by atoms with Crippen LogP contribution in [0.4, 0.5) is 0 Å². The molecule has 14 heavy (non-hydrogen) atoms. The molecule has 0 saturated heterocycles. The molecule has 2 aromatic heterocycles. The second-order valence-electron chi connectivity index (χ2n) is 4.27. The summed E-state index contributed by atoms with van der Waals surface area (Å²) in [5.41, 5.74) is 0.627. The van der Waals surface area contributed by atoms with E-state index >= 15 is 0 Å². The first kappa shape index (κ1) is 8.93. The molecule has 5 nitrogen and oxygen atoms in total. The van der Waals surface area contributed by atoms with Gasteiger partial charge in [-0.1, -0.05) is 20.8 Å². The maximum atomic E-state index is 11.4. The number of hydrogen-bond acceptors (Lipinski definition) is 3. The molecule has 2 aromatic rings. The number of nitrogens with one attached hydrogen (secondary N) is 2. The Morgan fingerprint density at radius 2 is 2.07 bits per heavy atom. The third-order valence-corrected chi connectivity index (χ3v) is 2.00. The Morgan fingerprint density at radius 3 is 2.64 bits per heavy atom. The molecule has 5 heteroatoms. The van der Waals surface area contributed by atoms with Gasteiger partial charge in [0.05, 0.1) is 6.33 Å². The Morgan fingerprint density at radius 1 is 1.36 bits per heavy atom. The predicted octanol–water partition coefficient (Wildman–Crippen LogP) is 0.944. The van der Waals surface area contributed by atoms with Crippen molar-refractivity contribution in [2.75, 3.05) is 0 Å². The maximum absolute atomic E-state index is 11.4. The van der Waals surface area contributed by atoms with E-state index in [9.17, 15) is 4.79 Å².